The van der Waals surface area contributed by atoms with Gasteiger partial charge in [-0.1, -0.05) is 51.4 Å². The quantitative estimate of drug-likeness (QED) is 0.0463. The van der Waals surface area contributed by atoms with Gasteiger partial charge in [-0.2, -0.15) is 0 Å². The second-order valence-electron chi connectivity index (χ2n) is 15.5. The fourth-order valence-electron chi connectivity index (χ4n) is 6.10. The molecule has 0 saturated carbocycles. The average Bonchev–Trinajstić information content (AvgIpc) is 3.83. The number of hydrogen-bond donors (Lipinski definition) is 5. The van der Waals surface area contributed by atoms with Gasteiger partial charge in [0.05, 0.1) is 24.6 Å². The molecule has 0 aliphatic rings. The Labute approximate surface area is 352 Å². The molecule has 0 aromatic carbocycles. The maximum atomic E-state index is 13.2. The largest absolute Gasteiger partial charge is 0.756 e. The Bertz CT molecular complexity index is 1930. The van der Waals surface area contributed by atoms with Crippen LogP contribution in [-0.2, 0) is 44.3 Å². The number of nitrogens with zero attached hydrogens (tertiary/aromatic N) is 4. The Morgan fingerprint density at radius 3 is 1.80 bits per heavy atom. The van der Waals surface area contributed by atoms with E-state index in [-0.39, 0.29) is 55.3 Å². The minimum Gasteiger partial charge on any atom is -0.756 e. The van der Waals surface area contributed by atoms with E-state index in [1.807, 2.05) is 0 Å². The molecule has 0 spiro atoms. The van der Waals surface area contributed by atoms with Crippen LogP contribution in [0, 0.1) is 0 Å². The smallest absolute Gasteiger partial charge is 0.407 e. The summed E-state index contributed by atoms with van der Waals surface area (Å²) in [4.78, 5) is 79.0. The molecule has 3 rings (SSSR count). The molecule has 20 heteroatoms. The average molecular weight is 861 g/mol. The van der Waals surface area contributed by atoms with E-state index in [0.29, 0.717) is 36.5 Å². The third kappa shape index (κ3) is 18.1. The van der Waals surface area contributed by atoms with Crippen LogP contribution in [0.4, 0.5) is 22.0 Å². The van der Waals surface area contributed by atoms with Gasteiger partial charge in [0.25, 0.3) is 25.5 Å². The Morgan fingerprint density at radius 1 is 0.683 bits per heavy atom. The van der Waals surface area contributed by atoms with Crippen molar-refractivity contribution in [2.45, 2.75) is 110 Å². The van der Waals surface area contributed by atoms with Crippen molar-refractivity contribution in [2.24, 2.45) is 21.1 Å². The first-order valence-electron chi connectivity index (χ1n) is 20.5. The number of carbonyl (C=O) groups is 5. The predicted molar refractivity (Wildman–Crippen MR) is 226 cm³/mol. The van der Waals surface area contributed by atoms with Crippen molar-refractivity contribution in [2.75, 3.05) is 42.3 Å². The number of anilines is 3. The number of nitrogens with one attached hydrogen (secondary N) is 5. The molecule has 0 fully saturated rings. The highest BCUT2D eigenvalue weighted by Crippen LogP contribution is 2.38. The van der Waals surface area contributed by atoms with Crippen LogP contribution in [0.25, 0.3) is 0 Å². The monoisotopic (exact) mass is 860 g/mol. The SMILES string of the molecule is CCOP(=O)([O-])OCCCCCCCCCCCCNC(=O)c1cc(NC(=O)c2cc(NC(=O)c3nc(NC(=O)CCCNC(=O)OC(C)(C)C)cn3C)cn2C)cn1C. The number of unbranched alkanes of at least 4 members (excludes halogenated alkanes) is 9. The molecule has 60 heavy (non-hydrogen) atoms. The number of aryl methyl sites for hydroxylation is 3. The molecule has 334 valence electrons. The molecule has 0 saturated heterocycles. The molecule has 0 radical (unpaired) electrons. The van der Waals surface area contributed by atoms with Gasteiger partial charge in [0.1, 0.15) is 17.0 Å². The van der Waals surface area contributed by atoms with E-state index in [4.69, 9.17) is 9.26 Å². The lowest BCUT2D eigenvalue weighted by molar-refractivity contribution is -0.225. The summed E-state index contributed by atoms with van der Waals surface area (Å²) in [6.45, 7) is 7.90. The fourth-order valence-corrected chi connectivity index (χ4v) is 6.84. The van der Waals surface area contributed by atoms with Gasteiger partial charge in [-0.15, -0.1) is 0 Å². The highest BCUT2D eigenvalue weighted by molar-refractivity contribution is 7.45. The van der Waals surface area contributed by atoms with Crippen molar-refractivity contribution >= 4 is 54.7 Å². The Balaban J connectivity index is 1.34. The highest BCUT2D eigenvalue weighted by atomic mass is 31.2. The standard InChI is InChI=1S/C40H64N9O10P/c1-8-57-60(55,56)58-23-18-16-14-12-10-9-11-13-15-17-21-41-36(51)31-24-29(26-47(31)5)43-37(52)32-25-30(27-48(32)6)44-38(53)35-46-33(28-49(35)7)45-34(50)20-19-22-42-39(54)59-40(2,3)4/h24-28H,8-23H2,1-7H3,(H,41,51)(H,42,54)(H,43,52)(H,44,53)(H,45,50)(H,55,56)/p-1. The van der Waals surface area contributed by atoms with E-state index in [1.54, 1.807) is 76.4 Å². The van der Waals surface area contributed by atoms with Gasteiger partial charge in [-0.3, -0.25) is 23.7 Å². The Morgan fingerprint density at radius 2 is 1.22 bits per heavy atom. The van der Waals surface area contributed by atoms with Crippen LogP contribution in [0.2, 0.25) is 0 Å². The Hall–Kier alpha value is -4.97. The van der Waals surface area contributed by atoms with Crippen LogP contribution in [0.1, 0.15) is 136 Å². The van der Waals surface area contributed by atoms with Gasteiger partial charge in [-0.05, 0) is 59.1 Å². The van der Waals surface area contributed by atoms with Gasteiger partial charge >= 0.3 is 6.09 Å². The first-order chi connectivity index (χ1) is 28.4. The summed E-state index contributed by atoms with van der Waals surface area (Å²) in [7, 11) is 0.856. The molecule has 0 bridgehead atoms. The summed E-state index contributed by atoms with van der Waals surface area (Å²) < 4.78 is 30.6. The van der Waals surface area contributed by atoms with Crippen molar-refractivity contribution in [1.29, 1.82) is 0 Å². The molecule has 5 amide bonds. The Kier molecular flexibility index (Phi) is 20.0. The molecule has 3 aromatic rings. The van der Waals surface area contributed by atoms with Crippen LogP contribution >= 0.6 is 7.82 Å². The number of ether oxygens (including phenoxy) is 1. The molecule has 5 N–H and O–H groups in total. The number of alkyl carbamates (subject to hydrolysis) is 1. The lowest BCUT2D eigenvalue weighted by atomic mass is 10.1. The van der Waals surface area contributed by atoms with Gasteiger partial charge in [0.2, 0.25) is 11.7 Å². The molecular formula is C40H63N9O10P-. The van der Waals surface area contributed by atoms with Crippen molar-refractivity contribution in [1.82, 2.24) is 29.3 Å². The second-order valence-corrected chi connectivity index (χ2v) is 16.9. The number of amides is 5. The highest BCUT2D eigenvalue weighted by Gasteiger charge is 2.20. The predicted octanol–water partition coefficient (Wildman–Crippen LogP) is 6.00. The van der Waals surface area contributed by atoms with E-state index >= 15 is 0 Å². The van der Waals surface area contributed by atoms with Gasteiger partial charge in [0.15, 0.2) is 5.82 Å². The summed E-state index contributed by atoms with van der Waals surface area (Å²) >= 11 is 0. The lowest BCUT2D eigenvalue weighted by Gasteiger charge is -2.21. The number of rotatable bonds is 26. The molecule has 1 unspecified atom stereocenters. The minimum atomic E-state index is -4.14. The zero-order valence-electron chi connectivity index (χ0n) is 36.0. The van der Waals surface area contributed by atoms with Crippen LogP contribution in [0.3, 0.4) is 0 Å². The zero-order valence-corrected chi connectivity index (χ0v) is 36.9. The third-order valence-electron chi connectivity index (χ3n) is 8.98. The zero-order chi connectivity index (χ0) is 44.3. The van der Waals surface area contributed by atoms with E-state index < -0.39 is 31.3 Å². The van der Waals surface area contributed by atoms with Gasteiger partial charge in [0, 0.05) is 59.2 Å². The fraction of sp³-hybridized carbons (Fsp3) is 0.600. The third-order valence-corrected chi connectivity index (χ3v) is 10.1. The number of phosphoric acid groups is 1. The maximum Gasteiger partial charge on any atom is 0.407 e. The summed E-state index contributed by atoms with van der Waals surface area (Å²) in [5.41, 5.74) is 0.818. The summed E-state index contributed by atoms with van der Waals surface area (Å²) in [6, 6.07) is 3.12. The maximum absolute atomic E-state index is 13.2. The number of aromatic nitrogens is 4. The first-order valence-corrected chi connectivity index (χ1v) is 22.0. The summed E-state index contributed by atoms with van der Waals surface area (Å²) in [6.07, 6.45) is 14.7. The molecule has 0 aliphatic heterocycles. The van der Waals surface area contributed by atoms with E-state index in [2.05, 4.69) is 36.1 Å². The lowest BCUT2D eigenvalue weighted by Crippen LogP contribution is -2.33. The molecule has 19 nitrogen and oxygen atoms in total. The number of carbonyl (C=O) groups excluding carboxylic acids is 5. The molecule has 3 aromatic heterocycles. The first kappa shape index (κ1) is 49.4. The molecular weight excluding hydrogens is 797 g/mol. The van der Waals surface area contributed by atoms with Crippen molar-refractivity contribution in [3.63, 3.8) is 0 Å². The van der Waals surface area contributed by atoms with E-state index in [1.165, 1.54) is 16.8 Å². The second kappa shape index (κ2) is 24.3. The van der Waals surface area contributed by atoms with Crippen molar-refractivity contribution in [3.8, 4) is 0 Å². The number of hydrogen-bond acceptors (Lipinski definition) is 11. The van der Waals surface area contributed by atoms with Crippen LogP contribution in [0.15, 0.2) is 30.7 Å². The van der Waals surface area contributed by atoms with Crippen molar-refractivity contribution < 1.29 is 47.2 Å². The van der Waals surface area contributed by atoms with Crippen LogP contribution in [-0.4, -0.2) is 80.3 Å². The summed E-state index contributed by atoms with van der Waals surface area (Å²) in [5, 5.41) is 13.8. The molecule has 3 heterocycles. The molecule has 0 aliphatic carbocycles. The summed E-state index contributed by atoms with van der Waals surface area (Å²) in [5.74, 6) is -1.37. The topological polar surface area (TPSA) is 241 Å². The minimum absolute atomic E-state index is 0.0295. The number of imidazole rings is 1. The van der Waals surface area contributed by atoms with Gasteiger partial charge in [-0.25, -0.2) is 9.78 Å². The van der Waals surface area contributed by atoms with Gasteiger partial charge < -0.3 is 59.0 Å². The van der Waals surface area contributed by atoms with Crippen molar-refractivity contribution in [3.05, 3.63) is 47.9 Å². The number of phosphoric ester groups is 1. The van der Waals surface area contributed by atoms with Crippen LogP contribution < -0.4 is 31.5 Å². The normalized spacial score (nSPS) is 12.4. The van der Waals surface area contributed by atoms with E-state index in [0.717, 1.165) is 57.8 Å². The molecule has 1 atom stereocenters. The van der Waals surface area contributed by atoms with E-state index in [9.17, 15) is 33.4 Å². The van der Waals surface area contributed by atoms with Crippen LogP contribution in [0.5, 0.6) is 0 Å².